The first-order valence-corrected chi connectivity index (χ1v) is 7.29. The quantitative estimate of drug-likeness (QED) is 0.741. The number of amides is 1. The Kier molecular flexibility index (Phi) is 4.83. The van der Waals surface area contributed by atoms with Crippen LogP contribution in [0.3, 0.4) is 0 Å². The molecule has 0 bridgehead atoms. The van der Waals surface area contributed by atoms with E-state index in [0.717, 1.165) is 24.9 Å². The molecule has 1 aromatic rings. The van der Waals surface area contributed by atoms with Crippen molar-refractivity contribution in [2.45, 2.75) is 44.9 Å². The average Bonchev–Trinajstić information content (AvgIpc) is 3.19. The van der Waals surface area contributed by atoms with E-state index >= 15 is 0 Å². The van der Waals surface area contributed by atoms with E-state index in [2.05, 4.69) is 12.2 Å². The zero-order chi connectivity index (χ0) is 13.7. The highest BCUT2D eigenvalue weighted by molar-refractivity contribution is 5.82. The summed E-state index contributed by atoms with van der Waals surface area (Å²) in [5, 5.41) is 12.3. The smallest absolute Gasteiger partial charge is 0.223 e. The Balaban J connectivity index is 1.70. The molecule has 0 spiro atoms. The predicted octanol–water partition coefficient (Wildman–Crippen LogP) is 3.19. The van der Waals surface area contributed by atoms with Gasteiger partial charge in [0.2, 0.25) is 5.91 Å². The van der Waals surface area contributed by atoms with Crippen molar-refractivity contribution in [2.75, 3.05) is 6.54 Å². The van der Waals surface area contributed by atoms with Crippen molar-refractivity contribution >= 4 is 5.91 Å². The molecule has 0 aliphatic heterocycles. The lowest BCUT2D eigenvalue weighted by molar-refractivity contribution is -0.122. The number of aromatic hydroxyl groups is 1. The fourth-order valence-corrected chi connectivity index (χ4v) is 2.47. The molecule has 1 saturated carbocycles. The summed E-state index contributed by atoms with van der Waals surface area (Å²) < 4.78 is 0. The molecule has 2 N–H and O–H groups in total. The second kappa shape index (κ2) is 6.60. The van der Waals surface area contributed by atoms with Gasteiger partial charge in [-0.25, -0.2) is 0 Å². The van der Waals surface area contributed by atoms with Crippen LogP contribution < -0.4 is 5.32 Å². The van der Waals surface area contributed by atoms with E-state index in [4.69, 9.17) is 0 Å². The molecule has 1 aromatic carbocycles. The van der Waals surface area contributed by atoms with Crippen molar-refractivity contribution in [3.63, 3.8) is 0 Å². The molecule has 1 aliphatic rings. The maximum Gasteiger partial charge on any atom is 0.223 e. The number of hydrogen-bond acceptors (Lipinski definition) is 2. The van der Waals surface area contributed by atoms with E-state index in [1.807, 2.05) is 12.1 Å². The van der Waals surface area contributed by atoms with Crippen LogP contribution in [0.2, 0.25) is 0 Å². The van der Waals surface area contributed by atoms with Crippen molar-refractivity contribution in [2.24, 2.45) is 5.92 Å². The summed E-state index contributed by atoms with van der Waals surface area (Å²) in [6.45, 7) is 2.99. The first kappa shape index (κ1) is 13.9. The van der Waals surface area contributed by atoms with Gasteiger partial charge in [0.05, 0.1) is 0 Å². The van der Waals surface area contributed by atoms with Gasteiger partial charge < -0.3 is 10.4 Å². The van der Waals surface area contributed by atoms with Crippen LogP contribution >= 0.6 is 0 Å². The van der Waals surface area contributed by atoms with Crippen LogP contribution in [-0.4, -0.2) is 17.6 Å². The number of rotatable bonds is 7. The lowest BCUT2D eigenvalue weighted by Gasteiger charge is -2.05. The van der Waals surface area contributed by atoms with Gasteiger partial charge in [-0.15, -0.1) is 0 Å². The molecule has 2 unspecified atom stereocenters. The van der Waals surface area contributed by atoms with Crippen LogP contribution in [0.4, 0.5) is 0 Å². The number of carbonyl (C=O) groups excluding carboxylic acids is 1. The number of unbranched alkanes of at least 4 members (excludes halogenated alkanes) is 3. The van der Waals surface area contributed by atoms with Gasteiger partial charge >= 0.3 is 0 Å². The van der Waals surface area contributed by atoms with Gasteiger partial charge in [-0.3, -0.25) is 4.79 Å². The number of carbonyl (C=O) groups is 1. The Hall–Kier alpha value is -1.51. The molecular formula is C16H23NO2. The van der Waals surface area contributed by atoms with Crippen LogP contribution in [0.5, 0.6) is 5.75 Å². The van der Waals surface area contributed by atoms with Crippen molar-refractivity contribution in [3.05, 3.63) is 29.8 Å². The fraction of sp³-hybridized carbons (Fsp3) is 0.562. The molecule has 1 fully saturated rings. The fourth-order valence-electron chi connectivity index (χ4n) is 2.47. The number of hydrogen-bond donors (Lipinski definition) is 2. The summed E-state index contributed by atoms with van der Waals surface area (Å²) in [4.78, 5) is 11.9. The number of phenolic OH excluding ortho intramolecular Hbond substituents is 1. The number of phenols is 1. The van der Waals surface area contributed by atoms with Gasteiger partial charge in [0.25, 0.3) is 0 Å². The molecule has 3 nitrogen and oxygen atoms in total. The van der Waals surface area contributed by atoms with Crippen molar-refractivity contribution in [1.82, 2.24) is 5.32 Å². The van der Waals surface area contributed by atoms with Gasteiger partial charge in [-0.1, -0.05) is 38.3 Å². The van der Waals surface area contributed by atoms with Crippen LogP contribution in [0.25, 0.3) is 0 Å². The van der Waals surface area contributed by atoms with Crippen LogP contribution in [0.15, 0.2) is 24.3 Å². The van der Waals surface area contributed by atoms with Crippen molar-refractivity contribution in [3.8, 4) is 5.75 Å². The second-order valence-corrected chi connectivity index (χ2v) is 5.39. The Morgan fingerprint density at radius 1 is 1.26 bits per heavy atom. The van der Waals surface area contributed by atoms with E-state index in [9.17, 15) is 9.90 Å². The predicted molar refractivity (Wildman–Crippen MR) is 76.1 cm³/mol. The minimum Gasteiger partial charge on any atom is -0.508 e. The zero-order valence-corrected chi connectivity index (χ0v) is 11.6. The number of benzene rings is 1. The van der Waals surface area contributed by atoms with E-state index < -0.39 is 0 Å². The summed E-state index contributed by atoms with van der Waals surface area (Å²) in [6.07, 6.45) is 5.68. The summed E-state index contributed by atoms with van der Waals surface area (Å²) in [5.74, 6) is 0.947. The highest BCUT2D eigenvalue weighted by atomic mass is 16.3. The van der Waals surface area contributed by atoms with E-state index in [0.29, 0.717) is 5.92 Å². The normalized spacial score (nSPS) is 21.1. The summed E-state index contributed by atoms with van der Waals surface area (Å²) in [7, 11) is 0. The molecule has 2 atom stereocenters. The van der Waals surface area contributed by atoms with E-state index in [-0.39, 0.29) is 17.6 Å². The second-order valence-electron chi connectivity index (χ2n) is 5.39. The molecule has 0 aromatic heterocycles. The first-order valence-electron chi connectivity index (χ1n) is 7.29. The molecule has 1 amide bonds. The van der Waals surface area contributed by atoms with E-state index in [1.165, 1.54) is 19.3 Å². The Bertz CT molecular complexity index is 413. The van der Waals surface area contributed by atoms with Gasteiger partial charge in [0, 0.05) is 12.5 Å². The van der Waals surface area contributed by atoms with Crippen LogP contribution in [-0.2, 0) is 4.79 Å². The third kappa shape index (κ3) is 3.98. The Morgan fingerprint density at radius 2 is 2.00 bits per heavy atom. The van der Waals surface area contributed by atoms with Crippen LogP contribution in [0, 0.1) is 5.92 Å². The van der Waals surface area contributed by atoms with Gasteiger partial charge in [0.1, 0.15) is 5.75 Å². The Labute approximate surface area is 115 Å². The Morgan fingerprint density at radius 3 is 2.68 bits per heavy atom. The van der Waals surface area contributed by atoms with Gasteiger partial charge in [-0.05, 0) is 36.5 Å². The molecule has 104 valence electrons. The van der Waals surface area contributed by atoms with Gasteiger partial charge in [-0.2, -0.15) is 0 Å². The summed E-state index contributed by atoms with van der Waals surface area (Å²) in [5.41, 5.74) is 1.16. The lowest BCUT2D eigenvalue weighted by atomic mass is 10.1. The van der Waals surface area contributed by atoms with Crippen LogP contribution in [0.1, 0.15) is 50.5 Å². The lowest BCUT2D eigenvalue weighted by Crippen LogP contribution is -2.26. The zero-order valence-electron chi connectivity index (χ0n) is 11.6. The standard InChI is InChI=1S/C16H23NO2/c1-2-3-4-5-10-17-16(19)15-11-14(15)12-6-8-13(18)9-7-12/h6-9,14-15,18H,2-5,10-11H2,1H3,(H,17,19). The minimum atomic E-state index is 0.135. The SMILES string of the molecule is CCCCCCNC(=O)C1CC1c1ccc(O)cc1. The van der Waals surface area contributed by atoms with Gasteiger partial charge in [0.15, 0.2) is 0 Å². The molecule has 1 aliphatic carbocycles. The number of nitrogens with one attached hydrogen (secondary N) is 1. The molecule has 2 rings (SSSR count). The third-order valence-electron chi connectivity index (χ3n) is 3.78. The van der Waals surface area contributed by atoms with E-state index in [1.54, 1.807) is 12.1 Å². The first-order chi connectivity index (χ1) is 9.22. The maximum absolute atomic E-state index is 11.9. The summed E-state index contributed by atoms with van der Waals surface area (Å²) in [6, 6.07) is 7.20. The minimum absolute atomic E-state index is 0.135. The molecule has 0 saturated heterocycles. The highest BCUT2D eigenvalue weighted by Crippen LogP contribution is 2.47. The molecule has 3 heteroatoms. The molecule has 19 heavy (non-hydrogen) atoms. The monoisotopic (exact) mass is 261 g/mol. The third-order valence-corrected chi connectivity index (χ3v) is 3.78. The van der Waals surface area contributed by atoms with Crippen molar-refractivity contribution in [1.29, 1.82) is 0 Å². The largest absolute Gasteiger partial charge is 0.508 e. The molecule has 0 radical (unpaired) electrons. The molecular weight excluding hydrogens is 238 g/mol. The summed E-state index contributed by atoms with van der Waals surface area (Å²) >= 11 is 0. The van der Waals surface area contributed by atoms with Crippen molar-refractivity contribution < 1.29 is 9.90 Å². The molecule has 0 heterocycles. The highest BCUT2D eigenvalue weighted by Gasteiger charge is 2.43. The topological polar surface area (TPSA) is 49.3 Å². The maximum atomic E-state index is 11.9. The average molecular weight is 261 g/mol.